The quantitative estimate of drug-likeness (QED) is 0.637. The number of pyridine rings is 1. The van der Waals surface area contributed by atoms with Gasteiger partial charge in [0.1, 0.15) is 5.82 Å². The average Bonchev–Trinajstić information content (AvgIpc) is 2.39. The van der Waals surface area contributed by atoms with Gasteiger partial charge in [0.2, 0.25) is 0 Å². The van der Waals surface area contributed by atoms with Crippen LogP contribution in [0.4, 0.5) is 11.5 Å². The maximum absolute atomic E-state index is 5.99. The molecule has 0 fully saturated rings. The van der Waals surface area contributed by atoms with Crippen LogP contribution in [0.25, 0.3) is 22.0 Å². The van der Waals surface area contributed by atoms with Gasteiger partial charge in [0.15, 0.2) is 0 Å². The SMILES string of the molecule is Nc1cccc(-c2cc3ccccc3c(N)n2)c1. The van der Waals surface area contributed by atoms with Crippen LogP contribution in [-0.4, -0.2) is 4.98 Å². The van der Waals surface area contributed by atoms with Crippen LogP contribution in [0.2, 0.25) is 0 Å². The van der Waals surface area contributed by atoms with E-state index in [0.717, 1.165) is 27.7 Å². The van der Waals surface area contributed by atoms with Crippen LogP contribution >= 0.6 is 0 Å². The number of benzene rings is 2. The minimum atomic E-state index is 0.547. The third kappa shape index (κ3) is 1.76. The highest BCUT2D eigenvalue weighted by Gasteiger charge is 2.05. The van der Waals surface area contributed by atoms with Crippen LogP contribution in [-0.2, 0) is 0 Å². The minimum Gasteiger partial charge on any atom is -0.399 e. The average molecular weight is 235 g/mol. The van der Waals surface area contributed by atoms with Gasteiger partial charge in [-0.05, 0) is 23.6 Å². The molecule has 0 aliphatic carbocycles. The molecule has 4 N–H and O–H groups in total. The first-order valence-electron chi connectivity index (χ1n) is 5.75. The van der Waals surface area contributed by atoms with Crippen molar-refractivity contribution in [2.45, 2.75) is 0 Å². The summed E-state index contributed by atoms with van der Waals surface area (Å²) in [6.45, 7) is 0. The zero-order valence-electron chi connectivity index (χ0n) is 9.80. The second-order valence-corrected chi connectivity index (χ2v) is 4.24. The molecule has 3 rings (SSSR count). The van der Waals surface area contributed by atoms with Gasteiger partial charge in [-0.15, -0.1) is 0 Å². The number of rotatable bonds is 1. The van der Waals surface area contributed by atoms with E-state index in [9.17, 15) is 0 Å². The van der Waals surface area contributed by atoms with Gasteiger partial charge >= 0.3 is 0 Å². The van der Waals surface area contributed by atoms with Crippen LogP contribution in [0.5, 0.6) is 0 Å². The molecule has 0 amide bonds. The van der Waals surface area contributed by atoms with E-state index in [-0.39, 0.29) is 0 Å². The van der Waals surface area contributed by atoms with E-state index in [0.29, 0.717) is 5.82 Å². The summed E-state index contributed by atoms with van der Waals surface area (Å²) >= 11 is 0. The third-order valence-corrected chi connectivity index (χ3v) is 2.95. The fraction of sp³-hybridized carbons (Fsp3) is 0. The summed E-state index contributed by atoms with van der Waals surface area (Å²) in [6, 6.07) is 17.6. The predicted octanol–water partition coefficient (Wildman–Crippen LogP) is 3.07. The van der Waals surface area contributed by atoms with Crippen molar-refractivity contribution in [2.75, 3.05) is 11.5 Å². The summed E-state index contributed by atoms with van der Waals surface area (Å²) in [6.07, 6.45) is 0. The molecule has 1 heterocycles. The number of anilines is 2. The highest BCUT2D eigenvalue weighted by atomic mass is 14.8. The van der Waals surface area contributed by atoms with Gasteiger partial charge in [0.05, 0.1) is 5.69 Å². The fourth-order valence-electron chi connectivity index (χ4n) is 2.07. The zero-order chi connectivity index (χ0) is 12.5. The lowest BCUT2D eigenvalue weighted by Gasteiger charge is -2.06. The van der Waals surface area contributed by atoms with E-state index in [1.807, 2.05) is 54.6 Å². The van der Waals surface area contributed by atoms with E-state index < -0.39 is 0 Å². The zero-order valence-corrected chi connectivity index (χ0v) is 9.80. The van der Waals surface area contributed by atoms with Crippen molar-refractivity contribution < 1.29 is 0 Å². The molecular weight excluding hydrogens is 222 g/mol. The van der Waals surface area contributed by atoms with Gasteiger partial charge in [0.25, 0.3) is 0 Å². The summed E-state index contributed by atoms with van der Waals surface area (Å²) in [4.78, 5) is 4.43. The van der Waals surface area contributed by atoms with Crippen molar-refractivity contribution in [3.8, 4) is 11.3 Å². The number of hydrogen-bond donors (Lipinski definition) is 2. The first-order valence-corrected chi connectivity index (χ1v) is 5.75. The van der Waals surface area contributed by atoms with Crippen LogP contribution in [0.15, 0.2) is 54.6 Å². The third-order valence-electron chi connectivity index (χ3n) is 2.95. The van der Waals surface area contributed by atoms with Gasteiger partial charge in [-0.1, -0.05) is 36.4 Å². The molecule has 88 valence electrons. The van der Waals surface area contributed by atoms with Crippen LogP contribution < -0.4 is 11.5 Å². The Morgan fingerprint density at radius 2 is 1.67 bits per heavy atom. The molecule has 0 saturated heterocycles. The molecule has 18 heavy (non-hydrogen) atoms. The molecule has 0 atom stereocenters. The largest absolute Gasteiger partial charge is 0.399 e. The molecule has 0 aliphatic rings. The molecule has 0 radical (unpaired) electrons. The smallest absolute Gasteiger partial charge is 0.131 e. The fourth-order valence-corrected chi connectivity index (χ4v) is 2.07. The van der Waals surface area contributed by atoms with E-state index in [2.05, 4.69) is 4.98 Å². The summed E-state index contributed by atoms with van der Waals surface area (Å²) in [5.74, 6) is 0.547. The molecule has 1 aromatic heterocycles. The molecule has 0 bridgehead atoms. The van der Waals surface area contributed by atoms with Crippen molar-refractivity contribution in [1.82, 2.24) is 4.98 Å². The Bertz CT molecular complexity index is 720. The molecule has 3 aromatic rings. The highest BCUT2D eigenvalue weighted by molar-refractivity contribution is 5.93. The molecule has 0 unspecified atom stereocenters. The number of nitrogens with zero attached hydrogens (tertiary/aromatic N) is 1. The lowest BCUT2D eigenvalue weighted by molar-refractivity contribution is 1.36. The van der Waals surface area contributed by atoms with Crippen molar-refractivity contribution >= 4 is 22.3 Å². The molecule has 0 spiro atoms. The molecular formula is C15H13N3. The topological polar surface area (TPSA) is 64.9 Å². The lowest BCUT2D eigenvalue weighted by atomic mass is 10.1. The minimum absolute atomic E-state index is 0.547. The van der Waals surface area contributed by atoms with Crippen LogP contribution in [0.1, 0.15) is 0 Å². The van der Waals surface area contributed by atoms with E-state index in [4.69, 9.17) is 11.5 Å². The standard InChI is InChI=1S/C15H13N3/c16-12-6-3-5-11(8-12)14-9-10-4-1-2-7-13(10)15(17)18-14/h1-9H,16H2,(H2,17,18). The van der Waals surface area contributed by atoms with Gasteiger partial charge in [-0.2, -0.15) is 0 Å². The Balaban J connectivity index is 2.24. The second-order valence-electron chi connectivity index (χ2n) is 4.24. The summed E-state index contributed by atoms with van der Waals surface area (Å²) < 4.78 is 0. The Morgan fingerprint density at radius 3 is 2.50 bits per heavy atom. The number of nitrogen functional groups attached to an aromatic ring is 2. The monoisotopic (exact) mass is 235 g/mol. The summed E-state index contributed by atoms with van der Waals surface area (Å²) in [7, 11) is 0. The first-order chi connectivity index (χ1) is 8.74. The Morgan fingerprint density at radius 1 is 0.833 bits per heavy atom. The normalized spacial score (nSPS) is 10.7. The van der Waals surface area contributed by atoms with Crippen LogP contribution in [0.3, 0.4) is 0 Å². The van der Waals surface area contributed by atoms with Crippen LogP contribution in [0, 0.1) is 0 Å². The summed E-state index contributed by atoms with van der Waals surface area (Å²) in [5.41, 5.74) is 14.3. The van der Waals surface area contributed by atoms with Gasteiger partial charge < -0.3 is 11.5 Å². The van der Waals surface area contributed by atoms with Crippen molar-refractivity contribution in [2.24, 2.45) is 0 Å². The van der Waals surface area contributed by atoms with Crippen molar-refractivity contribution in [3.63, 3.8) is 0 Å². The first kappa shape index (κ1) is 10.6. The van der Waals surface area contributed by atoms with Gasteiger partial charge in [-0.3, -0.25) is 0 Å². The summed E-state index contributed by atoms with van der Waals surface area (Å²) in [5, 5.41) is 2.06. The Labute approximate surface area is 105 Å². The van der Waals surface area contributed by atoms with E-state index in [1.54, 1.807) is 0 Å². The van der Waals surface area contributed by atoms with Crippen molar-refractivity contribution in [3.05, 3.63) is 54.6 Å². The van der Waals surface area contributed by atoms with E-state index >= 15 is 0 Å². The molecule has 3 nitrogen and oxygen atoms in total. The predicted molar refractivity (Wildman–Crippen MR) is 76.0 cm³/mol. The molecule has 3 heteroatoms. The van der Waals surface area contributed by atoms with Gasteiger partial charge in [0, 0.05) is 16.6 Å². The Hall–Kier alpha value is -2.55. The Kier molecular flexibility index (Phi) is 2.38. The van der Waals surface area contributed by atoms with Gasteiger partial charge in [-0.25, -0.2) is 4.98 Å². The number of aromatic nitrogens is 1. The number of nitrogens with two attached hydrogens (primary N) is 2. The highest BCUT2D eigenvalue weighted by Crippen LogP contribution is 2.26. The molecule has 2 aromatic carbocycles. The van der Waals surface area contributed by atoms with E-state index in [1.165, 1.54) is 0 Å². The maximum Gasteiger partial charge on any atom is 0.131 e. The van der Waals surface area contributed by atoms with Crippen molar-refractivity contribution in [1.29, 1.82) is 0 Å². The maximum atomic E-state index is 5.99. The number of hydrogen-bond acceptors (Lipinski definition) is 3. The number of fused-ring (bicyclic) bond motifs is 1. The lowest BCUT2D eigenvalue weighted by Crippen LogP contribution is -1.94. The molecule has 0 saturated carbocycles. The molecule has 0 aliphatic heterocycles. The second kappa shape index (κ2) is 4.04.